The Morgan fingerprint density at radius 2 is 0.949 bits per heavy atom. The molecule has 0 aliphatic heterocycles. The van der Waals surface area contributed by atoms with Crippen molar-refractivity contribution < 1.29 is 43.0 Å². The van der Waals surface area contributed by atoms with E-state index in [4.69, 9.17) is 14.2 Å². The molecular formula is C82H90N4O9S2Si. The normalized spacial score (nSPS) is 13.7. The molecule has 0 saturated carbocycles. The molecule has 0 radical (unpaired) electrons. The van der Waals surface area contributed by atoms with E-state index in [-0.39, 0.29) is 37.0 Å². The summed E-state index contributed by atoms with van der Waals surface area (Å²) in [7, 11) is -1.56. The standard InChI is InChI=1S/C82H90N4O9S2Si/c1-9-71(76(88)85-75(58(4)5)79(91)95-65(54-73(87)93-51-53-98(6,7)8)46-32-33-52-96-81(59-34-16-10-17-35-59,60-36-18-11-19-37-60)61-38-20-12-21-39-61)83-77(89)72(56-97-82(62-40-22-13-23-41-62,63-42-24-14-25-43-63)64-44-26-15-27-45-64)84-78(90)74(57(2)3)86-80(92)94-55-70-68-49-30-28-47-66(68)67-48-29-31-50-69(67)70/h9-32,34-50,57-58,65,70,72,74-75H,33,51-56H2,1-8H3,(H,83,89)(H,84,90)(H,85,88)(H,86,92)/b46-32+,71-9-/t65-,72+,74+,75+/m1/s1. The summed E-state index contributed by atoms with van der Waals surface area (Å²) in [5.74, 6) is -4.16. The number of thioether (sulfide) groups is 2. The molecule has 0 saturated heterocycles. The monoisotopic (exact) mass is 1370 g/mol. The van der Waals surface area contributed by atoms with Gasteiger partial charge >= 0.3 is 18.0 Å². The molecule has 0 fully saturated rings. The van der Waals surface area contributed by atoms with E-state index < -0.39 is 89.4 Å². The summed E-state index contributed by atoms with van der Waals surface area (Å²) in [6.07, 6.45) is 3.48. The van der Waals surface area contributed by atoms with Gasteiger partial charge in [0.1, 0.15) is 36.5 Å². The molecule has 9 rings (SSSR count). The van der Waals surface area contributed by atoms with Crippen molar-refractivity contribution in [1.82, 2.24) is 21.3 Å². The number of hydrogen-bond acceptors (Lipinski definition) is 11. The van der Waals surface area contributed by atoms with Crippen molar-refractivity contribution in [2.75, 3.05) is 24.7 Å². The molecule has 1 aliphatic rings. The number of hydrogen-bond donors (Lipinski definition) is 4. The Kier molecular flexibility index (Phi) is 25.9. The van der Waals surface area contributed by atoms with E-state index in [0.29, 0.717) is 12.2 Å². The Bertz CT molecular complexity index is 3770. The molecule has 98 heavy (non-hydrogen) atoms. The SMILES string of the molecule is C/C=C(\NC(=O)[C@H](CSC(c1ccccc1)(c1ccccc1)c1ccccc1)NC(=O)[C@@H](NC(=O)OCC1c2ccccc2-c2ccccc21)C(C)C)C(=O)N[C@H](C(=O)O[C@H](/C=C/CCSC(c1ccccc1)(c1ccccc1)c1ccccc1)CC(=O)OCC[Si](C)(C)C)C(C)C. The van der Waals surface area contributed by atoms with Crippen LogP contribution >= 0.6 is 23.5 Å². The smallest absolute Gasteiger partial charge is 0.407 e. The van der Waals surface area contributed by atoms with Gasteiger partial charge in [0.25, 0.3) is 5.91 Å². The van der Waals surface area contributed by atoms with E-state index in [0.717, 1.165) is 61.7 Å². The first-order valence-corrected chi connectivity index (χ1v) is 39.3. The molecule has 0 bridgehead atoms. The van der Waals surface area contributed by atoms with Gasteiger partial charge in [0.05, 0.1) is 22.5 Å². The minimum absolute atomic E-state index is 0.0186. The van der Waals surface area contributed by atoms with Crippen LogP contribution < -0.4 is 21.3 Å². The molecule has 13 nitrogen and oxygen atoms in total. The summed E-state index contributed by atoms with van der Waals surface area (Å²) < 4.78 is 16.4. The lowest BCUT2D eigenvalue weighted by Gasteiger charge is -2.36. The van der Waals surface area contributed by atoms with Gasteiger partial charge in [-0.05, 0) is 98.7 Å². The van der Waals surface area contributed by atoms with E-state index in [1.165, 1.54) is 17.8 Å². The highest BCUT2D eigenvalue weighted by molar-refractivity contribution is 8.01. The van der Waals surface area contributed by atoms with Crippen LogP contribution in [0.5, 0.6) is 0 Å². The first-order chi connectivity index (χ1) is 47.3. The molecule has 0 aromatic heterocycles. The van der Waals surface area contributed by atoms with E-state index >= 15 is 4.79 Å². The van der Waals surface area contributed by atoms with Crippen LogP contribution in [0.15, 0.2) is 254 Å². The number of alkyl carbamates (subject to hydrolysis) is 1. The third-order valence-electron chi connectivity index (χ3n) is 17.5. The van der Waals surface area contributed by atoms with E-state index in [1.807, 2.05) is 152 Å². The van der Waals surface area contributed by atoms with Crippen molar-refractivity contribution in [1.29, 1.82) is 0 Å². The second kappa shape index (κ2) is 34.8. The number of carbonyl (C=O) groups is 6. The van der Waals surface area contributed by atoms with Gasteiger partial charge in [-0.25, -0.2) is 9.59 Å². The fourth-order valence-corrected chi connectivity index (χ4v) is 16.0. The Labute approximate surface area is 587 Å². The maximum Gasteiger partial charge on any atom is 0.407 e. The van der Waals surface area contributed by atoms with Gasteiger partial charge in [0.15, 0.2) is 0 Å². The maximum atomic E-state index is 15.3. The number of fused-ring (bicyclic) bond motifs is 3. The molecule has 1 aliphatic carbocycles. The van der Waals surface area contributed by atoms with Crippen molar-refractivity contribution in [2.24, 2.45) is 11.8 Å². The van der Waals surface area contributed by atoms with Crippen LogP contribution in [0.1, 0.15) is 97.9 Å². The van der Waals surface area contributed by atoms with Crippen LogP contribution in [0.4, 0.5) is 4.79 Å². The van der Waals surface area contributed by atoms with Crippen molar-refractivity contribution in [3.8, 4) is 11.1 Å². The van der Waals surface area contributed by atoms with Gasteiger partial charge in [0, 0.05) is 19.7 Å². The molecule has 8 aromatic rings. The third kappa shape index (κ3) is 18.5. The number of allylic oxidation sites excluding steroid dienone is 2. The van der Waals surface area contributed by atoms with Gasteiger partial charge in [0.2, 0.25) is 11.8 Å². The quantitative estimate of drug-likeness (QED) is 0.00600. The first kappa shape index (κ1) is 73.0. The maximum absolute atomic E-state index is 15.3. The van der Waals surface area contributed by atoms with Gasteiger partial charge < -0.3 is 35.5 Å². The highest BCUT2D eigenvalue weighted by atomic mass is 32.2. The van der Waals surface area contributed by atoms with E-state index in [2.05, 4.69) is 126 Å². The average Bonchev–Trinajstić information content (AvgIpc) is 1.34. The predicted octanol–water partition coefficient (Wildman–Crippen LogP) is 15.8. The summed E-state index contributed by atoms with van der Waals surface area (Å²) in [5, 5.41) is 11.4. The van der Waals surface area contributed by atoms with Gasteiger partial charge in [-0.15, -0.1) is 23.5 Å². The lowest BCUT2D eigenvalue weighted by Crippen LogP contribution is -2.57. The molecule has 8 aromatic carbocycles. The second-order valence-electron chi connectivity index (χ2n) is 26.3. The Morgan fingerprint density at radius 1 is 0.520 bits per heavy atom. The van der Waals surface area contributed by atoms with Crippen molar-refractivity contribution in [2.45, 2.75) is 113 Å². The lowest BCUT2D eigenvalue weighted by molar-refractivity contribution is -0.156. The number of benzene rings is 8. The molecule has 0 unspecified atom stereocenters. The summed E-state index contributed by atoms with van der Waals surface area (Å²) in [6, 6.07) is 74.0. The summed E-state index contributed by atoms with van der Waals surface area (Å²) in [6.45, 7) is 15.5. The zero-order valence-electron chi connectivity index (χ0n) is 57.2. The molecule has 0 heterocycles. The van der Waals surface area contributed by atoms with Gasteiger partial charge in [-0.3, -0.25) is 19.2 Å². The fourth-order valence-electron chi connectivity index (χ4n) is 12.3. The molecule has 4 amide bonds. The topological polar surface area (TPSA) is 178 Å². The second-order valence-corrected chi connectivity index (χ2v) is 34.4. The van der Waals surface area contributed by atoms with Crippen LogP contribution in [0, 0.1) is 11.8 Å². The van der Waals surface area contributed by atoms with Gasteiger partial charge in [-0.2, -0.15) is 0 Å². The molecule has 4 N–H and O–H groups in total. The number of carbonyl (C=O) groups excluding carboxylic acids is 6. The van der Waals surface area contributed by atoms with E-state index in [1.54, 1.807) is 52.5 Å². The summed E-state index contributed by atoms with van der Waals surface area (Å²) >= 11 is 3.21. The van der Waals surface area contributed by atoms with Crippen molar-refractivity contribution >= 4 is 67.4 Å². The largest absolute Gasteiger partial charge is 0.466 e. The molecule has 508 valence electrons. The van der Waals surface area contributed by atoms with Crippen LogP contribution in [0.3, 0.4) is 0 Å². The van der Waals surface area contributed by atoms with Crippen molar-refractivity contribution in [3.63, 3.8) is 0 Å². The lowest BCUT2D eigenvalue weighted by atomic mass is 9.84. The highest BCUT2D eigenvalue weighted by Gasteiger charge is 2.41. The molecule has 0 spiro atoms. The Balaban J connectivity index is 0.944. The average molecular weight is 1370 g/mol. The Hall–Kier alpha value is -9.22. The number of ether oxygens (including phenoxy) is 3. The zero-order valence-corrected chi connectivity index (χ0v) is 59.8. The van der Waals surface area contributed by atoms with Crippen LogP contribution in [0.2, 0.25) is 25.7 Å². The van der Waals surface area contributed by atoms with Crippen LogP contribution in [-0.2, 0) is 47.7 Å². The fraction of sp³-hybridized carbons (Fsp3) is 0.293. The van der Waals surface area contributed by atoms with Gasteiger partial charge in [-0.1, -0.05) is 290 Å². The van der Waals surface area contributed by atoms with Crippen LogP contribution in [-0.4, -0.2) is 92.8 Å². The number of amides is 4. The number of rotatable bonds is 32. The molecule has 16 heteroatoms. The minimum Gasteiger partial charge on any atom is -0.466 e. The number of esters is 2. The minimum atomic E-state index is -1.56. The zero-order chi connectivity index (χ0) is 69.7. The molecule has 4 atom stereocenters. The third-order valence-corrected chi connectivity index (χ3v) is 22.4. The number of nitrogens with one attached hydrogen (secondary N) is 4. The van der Waals surface area contributed by atoms with E-state index in [9.17, 15) is 24.0 Å². The van der Waals surface area contributed by atoms with Crippen molar-refractivity contribution in [3.05, 3.63) is 299 Å². The highest BCUT2D eigenvalue weighted by Crippen LogP contribution is 2.50. The Morgan fingerprint density at radius 3 is 1.38 bits per heavy atom. The first-order valence-electron chi connectivity index (χ1n) is 33.7. The molecular weight excluding hydrogens is 1280 g/mol. The summed E-state index contributed by atoms with van der Waals surface area (Å²) in [4.78, 5) is 87.1. The predicted molar refractivity (Wildman–Crippen MR) is 398 cm³/mol. The summed E-state index contributed by atoms with van der Waals surface area (Å²) in [5.41, 5.74) is 10.1. The van der Waals surface area contributed by atoms with Crippen LogP contribution in [0.25, 0.3) is 11.1 Å².